The fourth-order valence-corrected chi connectivity index (χ4v) is 5.45. The van der Waals surface area contributed by atoms with Crippen LogP contribution in [0.25, 0.3) is 0 Å². The van der Waals surface area contributed by atoms with Gasteiger partial charge in [-0.3, -0.25) is 0 Å². The van der Waals surface area contributed by atoms with Gasteiger partial charge in [-0.15, -0.1) is 0 Å². The molecule has 0 amide bonds. The van der Waals surface area contributed by atoms with Gasteiger partial charge >= 0.3 is 5.97 Å². The standard InChI is InChI=1S/C32H30N4O4S/c1-4-26-20(3)14-23(16-33)31(36-26)41-19-27-29(32(37)38-5-2)28(25(17-34)30(35)40-27)22-12-9-13-24(15-22)39-18-21-10-7-6-8-11-21/h6-15,28H,4-5,18-19,35H2,1-3H3/t28-/m0/s1. The maximum atomic E-state index is 13.4. The summed E-state index contributed by atoms with van der Waals surface area (Å²) in [4.78, 5) is 18.1. The molecule has 41 heavy (non-hydrogen) atoms. The van der Waals surface area contributed by atoms with Crippen LogP contribution < -0.4 is 10.5 Å². The number of rotatable bonds is 10. The molecule has 0 radical (unpaired) electrons. The summed E-state index contributed by atoms with van der Waals surface area (Å²) in [7, 11) is 0. The van der Waals surface area contributed by atoms with Gasteiger partial charge in [0, 0.05) is 5.69 Å². The molecule has 2 heterocycles. The van der Waals surface area contributed by atoms with Gasteiger partial charge in [0.25, 0.3) is 0 Å². The van der Waals surface area contributed by atoms with E-state index in [1.165, 1.54) is 11.8 Å². The van der Waals surface area contributed by atoms with Crippen molar-refractivity contribution >= 4 is 17.7 Å². The Kier molecular flexibility index (Phi) is 9.68. The van der Waals surface area contributed by atoms with Crippen LogP contribution in [0.4, 0.5) is 0 Å². The van der Waals surface area contributed by atoms with E-state index in [4.69, 9.17) is 19.9 Å². The molecular weight excluding hydrogens is 536 g/mol. The van der Waals surface area contributed by atoms with Gasteiger partial charge in [-0.1, -0.05) is 61.2 Å². The summed E-state index contributed by atoms with van der Waals surface area (Å²) in [5.41, 5.74) is 10.4. The first kappa shape index (κ1) is 29.3. The zero-order valence-corrected chi connectivity index (χ0v) is 24.0. The van der Waals surface area contributed by atoms with Crippen molar-refractivity contribution in [1.29, 1.82) is 10.5 Å². The topological polar surface area (TPSA) is 131 Å². The highest BCUT2D eigenvalue weighted by Gasteiger charge is 2.38. The Hall–Kier alpha value is -4.73. The maximum Gasteiger partial charge on any atom is 0.338 e. The van der Waals surface area contributed by atoms with Gasteiger partial charge < -0.3 is 19.9 Å². The van der Waals surface area contributed by atoms with Crippen molar-refractivity contribution in [1.82, 2.24) is 4.98 Å². The summed E-state index contributed by atoms with van der Waals surface area (Å²) in [6.07, 6.45) is 0.713. The SMILES string of the molecule is CCOC(=O)C1=C(CSc2nc(CC)c(C)cc2C#N)OC(N)=C(C#N)[C@@H]1c1cccc(OCc2ccccc2)c1. The van der Waals surface area contributed by atoms with Crippen LogP contribution in [0.2, 0.25) is 0 Å². The van der Waals surface area contributed by atoms with Gasteiger partial charge in [-0.05, 0) is 55.2 Å². The van der Waals surface area contributed by atoms with E-state index in [9.17, 15) is 15.3 Å². The lowest BCUT2D eigenvalue weighted by atomic mass is 9.83. The Balaban J connectivity index is 1.73. The van der Waals surface area contributed by atoms with Gasteiger partial charge in [0.05, 0.1) is 29.4 Å². The molecule has 4 rings (SSSR count). The van der Waals surface area contributed by atoms with Crippen LogP contribution in [0, 0.1) is 29.6 Å². The smallest absolute Gasteiger partial charge is 0.338 e. The average molecular weight is 567 g/mol. The van der Waals surface area contributed by atoms with Crippen LogP contribution in [0.15, 0.2) is 88.5 Å². The minimum Gasteiger partial charge on any atom is -0.489 e. The summed E-state index contributed by atoms with van der Waals surface area (Å²) in [6, 6.07) is 23.1. The van der Waals surface area contributed by atoms with Crippen LogP contribution in [0.3, 0.4) is 0 Å². The van der Waals surface area contributed by atoms with Crippen LogP contribution in [0.5, 0.6) is 5.75 Å². The van der Waals surface area contributed by atoms with Crippen molar-refractivity contribution in [3.63, 3.8) is 0 Å². The number of esters is 1. The van der Waals surface area contributed by atoms with E-state index >= 15 is 0 Å². The number of aryl methyl sites for hydroxylation is 2. The first-order chi connectivity index (χ1) is 19.9. The van der Waals surface area contributed by atoms with Crippen molar-refractivity contribution in [2.24, 2.45) is 5.73 Å². The Bertz CT molecular complexity index is 1590. The normalized spacial score (nSPS) is 14.6. The number of allylic oxidation sites excluding steroid dienone is 1. The molecule has 1 aromatic heterocycles. The van der Waals surface area contributed by atoms with Crippen LogP contribution in [0.1, 0.15) is 47.7 Å². The molecule has 3 aromatic rings. The molecule has 0 bridgehead atoms. The lowest BCUT2D eigenvalue weighted by Crippen LogP contribution is -2.27. The molecule has 1 aliphatic heterocycles. The number of pyridine rings is 1. The van der Waals surface area contributed by atoms with E-state index in [0.717, 1.165) is 16.8 Å². The molecular formula is C32H30N4O4S. The van der Waals surface area contributed by atoms with Crippen molar-refractivity contribution < 1.29 is 19.0 Å². The molecule has 1 aliphatic rings. The Morgan fingerprint density at radius 2 is 1.88 bits per heavy atom. The lowest BCUT2D eigenvalue weighted by Gasteiger charge is -2.28. The molecule has 8 nitrogen and oxygen atoms in total. The van der Waals surface area contributed by atoms with E-state index in [2.05, 4.69) is 17.1 Å². The van der Waals surface area contributed by atoms with Gasteiger partial charge in [-0.2, -0.15) is 10.5 Å². The van der Waals surface area contributed by atoms with Gasteiger partial charge in [-0.25, -0.2) is 9.78 Å². The summed E-state index contributed by atoms with van der Waals surface area (Å²) in [6.45, 7) is 6.12. The second kappa shape index (κ2) is 13.6. The first-order valence-corrected chi connectivity index (χ1v) is 14.2. The molecule has 0 aliphatic carbocycles. The molecule has 208 valence electrons. The lowest BCUT2D eigenvalue weighted by molar-refractivity contribution is -0.139. The summed E-state index contributed by atoms with van der Waals surface area (Å²) < 4.78 is 17.3. The molecule has 2 aromatic carbocycles. The van der Waals surface area contributed by atoms with E-state index < -0.39 is 11.9 Å². The molecule has 0 saturated carbocycles. The van der Waals surface area contributed by atoms with Gasteiger partial charge in [0.15, 0.2) is 0 Å². The summed E-state index contributed by atoms with van der Waals surface area (Å²) >= 11 is 1.26. The highest BCUT2D eigenvalue weighted by molar-refractivity contribution is 7.99. The molecule has 2 N–H and O–H groups in total. The highest BCUT2D eigenvalue weighted by Crippen LogP contribution is 2.42. The molecule has 1 atom stereocenters. The second-order valence-corrected chi connectivity index (χ2v) is 10.2. The minimum absolute atomic E-state index is 0.0941. The quantitative estimate of drug-likeness (QED) is 0.238. The number of nitrogens with two attached hydrogens (primary N) is 1. The number of carbonyl (C=O) groups excluding carboxylic acids is 1. The van der Waals surface area contributed by atoms with Crippen molar-refractivity contribution in [3.8, 4) is 17.9 Å². The fraction of sp³-hybridized carbons (Fsp3) is 0.250. The summed E-state index contributed by atoms with van der Waals surface area (Å²) in [5, 5.41) is 20.3. The number of thioether (sulfide) groups is 1. The van der Waals surface area contributed by atoms with Crippen molar-refractivity contribution in [2.75, 3.05) is 12.4 Å². The van der Waals surface area contributed by atoms with E-state index in [1.807, 2.05) is 62.4 Å². The maximum absolute atomic E-state index is 13.4. The van der Waals surface area contributed by atoms with Gasteiger partial charge in [0.1, 0.15) is 40.9 Å². The van der Waals surface area contributed by atoms with E-state index in [0.29, 0.717) is 34.9 Å². The van der Waals surface area contributed by atoms with Gasteiger partial charge in [0.2, 0.25) is 5.88 Å². The van der Waals surface area contributed by atoms with Crippen molar-refractivity contribution in [2.45, 2.75) is 44.7 Å². The van der Waals surface area contributed by atoms with Crippen LogP contribution >= 0.6 is 11.8 Å². The summed E-state index contributed by atoms with van der Waals surface area (Å²) in [5.74, 6) is -0.588. The second-order valence-electron chi connectivity index (χ2n) is 9.19. The van der Waals surface area contributed by atoms with Crippen molar-refractivity contribution in [3.05, 3.63) is 111 Å². The monoisotopic (exact) mass is 566 g/mol. The Labute approximate surface area is 244 Å². The number of ether oxygens (including phenoxy) is 3. The van der Waals surface area contributed by atoms with E-state index in [1.54, 1.807) is 19.1 Å². The average Bonchev–Trinajstić information content (AvgIpc) is 2.99. The highest BCUT2D eigenvalue weighted by atomic mass is 32.2. The number of nitriles is 2. The molecule has 0 unspecified atom stereocenters. The predicted octanol–water partition coefficient (Wildman–Crippen LogP) is 5.82. The number of hydrogen-bond donors (Lipinski definition) is 1. The fourth-order valence-electron chi connectivity index (χ4n) is 4.53. The predicted molar refractivity (Wildman–Crippen MR) is 155 cm³/mol. The third-order valence-electron chi connectivity index (χ3n) is 6.51. The number of carbonyl (C=O) groups is 1. The number of benzene rings is 2. The van der Waals surface area contributed by atoms with Crippen LogP contribution in [-0.4, -0.2) is 23.3 Å². The third kappa shape index (κ3) is 6.71. The van der Waals surface area contributed by atoms with E-state index in [-0.39, 0.29) is 35.1 Å². The first-order valence-electron chi connectivity index (χ1n) is 13.2. The Morgan fingerprint density at radius 1 is 1.10 bits per heavy atom. The largest absolute Gasteiger partial charge is 0.489 e. The number of nitrogens with zero attached hydrogens (tertiary/aromatic N) is 3. The molecule has 0 saturated heterocycles. The molecule has 9 heteroatoms. The third-order valence-corrected chi connectivity index (χ3v) is 7.50. The Morgan fingerprint density at radius 3 is 2.56 bits per heavy atom. The number of hydrogen-bond acceptors (Lipinski definition) is 9. The molecule has 0 spiro atoms. The zero-order chi connectivity index (χ0) is 29.4. The zero-order valence-electron chi connectivity index (χ0n) is 23.1. The molecule has 0 fully saturated rings. The number of aromatic nitrogens is 1. The minimum atomic E-state index is -0.837. The van der Waals surface area contributed by atoms with Crippen LogP contribution in [-0.2, 0) is 27.3 Å².